The van der Waals surface area contributed by atoms with Crippen molar-refractivity contribution in [3.05, 3.63) is 29.1 Å². The lowest BCUT2D eigenvalue weighted by atomic mass is 10.2. The van der Waals surface area contributed by atoms with Crippen LogP contribution in [-0.4, -0.2) is 30.9 Å². The van der Waals surface area contributed by atoms with Crippen molar-refractivity contribution in [1.29, 1.82) is 0 Å². The van der Waals surface area contributed by atoms with Gasteiger partial charge < -0.3 is 5.11 Å². The summed E-state index contributed by atoms with van der Waals surface area (Å²) < 4.78 is 28.3. The molecular weight excluding hydrogens is 306 g/mol. The van der Waals surface area contributed by atoms with Crippen molar-refractivity contribution in [2.24, 2.45) is 0 Å². The first kappa shape index (κ1) is 16.4. The van der Waals surface area contributed by atoms with Crippen molar-refractivity contribution in [1.82, 2.24) is 4.31 Å². The molecule has 0 bridgehead atoms. The monoisotopic (exact) mass is 327 g/mol. The highest BCUT2D eigenvalue weighted by Crippen LogP contribution is 2.36. The van der Waals surface area contributed by atoms with Crippen LogP contribution in [0, 0.1) is 0 Å². The van der Waals surface area contributed by atoms with E-state index in [-0.39, 0.29) is 17.5 Å². The number of aliphatic hydroxyl groups is 1. The van der Waals surface area contributed by atoms with E-state index < -0.39 is 10.0 Å². The van der Waals surface area contributed by atoms with Crippen LogP contribution in [0.15, 0.2) is 29.2 Å². The van der Waals surface area contributed by atoms with Crippen molar-refractivity contribution in [2.45, 2.75) is 44.2 Å². The molecular formula is C15H21NO3S2. The van der Waals surface area contributed by atoms with Gasteiger partial charge in [0.2, 0.25) is 10.0 Å². The molecule has 21 heavy (non-hydrogen) atoms. The lowest BCUT2D eigenvalue weighted by Gasteiger charge is -2.25. The van der Waals surface area contributed by atoms with Crippen molar-refractivity contribution in [3.8, 4) is 0 Å². The van der Waals surface area contributed by atoms with Gasteiger partial charge in [-0.1, -0.05) is 32.0 Å². The van der Waals surface area contributed by atoms with Gasteiger partial charge in [-0.05, 0) is 18.9 Å². The maximum Gasteiger partial charge on any atom is 0.244 e. The van der Waals surface area contributed by atoms with Gasteiger partial charge >= 0.3 is 0 Å². The fourth-order valence-electron chi connectivity index (χ4n) is 2.60. The summed E-state index contributed by atoms with van der Waals surface area (Å²) in [6.07, 6.45) is 1.53. The number of nitrogens with zero attached hydrogens (tertiary/aromatic N) is 1. The molecule has 0 aliphatic carbocycles. The minimum absolute atomic E-state index is 0.0276. The van der Waals surface area contributed by atoms with E-state index >= 15 is 0 Å². The number of hydrogen-bond donors (Lipinski definition) is 1. The predicted octanol–water partition coefficient (Wildman–Crippen LogP) is 3.20. The Bertz CT molecular complexity index is 718. The van der Waals surface area contributed by atoms with Crippen molar-refractivity contribution in [3.63, 3.8) is 0 Å². The van der Waals surface area contributed by atoms with Crippen molar-refractivity contribution < 1.29 is 13.5 Å². The molecule has 2 aromatic rings. The molecule has 0 fully saturated rings. The molecule has 2 rings (SSSR count). The average molecular weight is 327 g/mol. The topological polar surface area (TPSA) is 57.6 Å². The zero-order valence-electron chi connectivity index (χ0n) is 12.5. The van der Waals surface area contributed by atoms with Crippen LogP contribution in [0.4, 0.5) is 0 Å². The number of aliphatic hydroxyl groups excluding tert-OH is 1. The predicted molar refractivity (Wildman–Crippen MR) is 87.1 cm³/mol. The molecule has 0 amide bonds. The summed E-state index contributed by atoms with van der Waals surface area (Å²) in [4.78, 5) is 0.772. The first-order valence-corrected chi connectivity index (χ1v) is 9.32. The van der Waals surface area contributed by atoms with E-state index in [1.54, 1.807) is 13.1 Å². The number of thiophene rings is 1. The second kappa shape index (κ2) is 6.44. The highest BCUT2D eigenvalue weighted by molar-refractivity contribution is 7.89. The highest BCUT2D eigenvalue weighted by atomic mass is 32.2. The van der Waals surface area contributed by atoms with E-state index in [0.717, 1.165) is 17.5 Å². The Hall–Kier alpha value is -0.950. The first-order chi connectivity index (χ1) is 9.97. The Labute approximate surface area is 130 Å². The number of hydrogen-bond acceptors (Lipinski definition) is 4. The molecule has 1 N–H and O–H groups in total. The Morgan fingerprint density at radius 3 is 2.43 bits per heavy atom. The maximum atomic E-state index is 13.0. The van der Waals surface area contributed by atoms with Crippen LogP contribution in [-0.2, 0) is 16.6 Å². The first-order valence-electron chi connectivity index (χ1n) is 7.06. The van der Waals surface area contributed by atoms with E-state index in [2.05, 4.69) is 0 Å². The summed E-state index contributed by atoms with van der Waals surface area (Å²) >= 11 is 1.34. The third-order valence-corrected chi connectivity index (χ3v) is 7.18. The molecule has 0 aliphatic rings. The molecule has 0 aliphatic heterocycles. The van der Waals surface area contributed by atoms with Gasteiger partial charge in [-0.15, -0.1) is 11.3 Å². The maximum absolute atomic E-state index is 13.0. The van der Waals surface area contributed by atoms with Gasteiger partial charge in [-0.2, -0.15) is 4.31 Å². The molecule has 1 aromatic carbocycles. The van der Waals surface area contributed by atoms with Gasteiger partial charge in [0.1, 0.15) is 4.90 Å². The smallest absolute Gasteiger partial charge is 0.244 e. The number of fused-ring (bicyclic) bond motifs is 1. The normalized spacial score (nSPS) is 12.7. The summed E-state index contributed by atoms with van der Waals surface area (Å²) in [5.74, 6) is 0. The molecule has 0 saturated carbocycles. The summed E-state index contributed by atoms with van der Waals surface area (Å²) in [5.41, 5.74) is 0. The lowest BCUT2D eigenvalue weighted by Crippen LogP contribution is -2.36. The Morgan fingerprint density at radius 1 is 1.24 bits per heavy atom. The van der Waals surface area contributed by atoms with Crippen LogP contribution in [0.3, 0.4) is 0 Å². The van der Waals surface area contributed by atoms with Crippen molar-refractivity contribution >= 4 is 31.4 Å². The summed E-state index contributed by atoms with van der Waals surface area (Å²) in [6.45, 7) is 3.71. The second-order valence-corrected chi connectivity index (χ2v) is 8.07. The van der Waals surface area contributed by atoms with Crippen LogP contribution in [0.1, 0.15) is 31.6 Å². The Kier molecular flexibility index (Phi) is 5.03. The molecule has 116 valence electrons. The Balaban J connectivity index is 2.64. The van der Waals surface area contributed by atoms with Crippen LogP contribution in [0.2, 0.25) is 0 Å². The van der Waals surface area contributed by atoms with E-state index in [1.807, 2.05) is 32.0 Å². The molecule has 0 saturated heterocycles. The van der Waals surface area contributed by atoms with E-state index in [1.165, 1.54) is 15.6 Å². The SMILES string of the molecule is CCC(CC)N(C)S(=O)(=O)c1c(CO)sc2ccccc12. The standard InChI is InChI=1S/C15H21NO3S2/c1-4-11(5-2)16(3)21(18,19)15-12-8-6-7-9-13(12)20-14(15)10-17/h6-9,11,17H,4-5,10H2,1-3H3. The van der Waals surface area contributed by atoms with Gasteiger partial charge in [-0.25, -0.2) is 8.42 Å². The lowest BCUT2D eigenvalue weighted by molar-refractivity contribution is 0.282. The number of benzene rings is 1. The number of sulfonamides is 1. The van der Waals surface area contributed by atoms with Crippen LogP contribution in [0.5, 0.6) is 0 Å². The third-order valence-electron chi connectivity index (χ3n) is 3.86. The largest absolute Gasteiger partial charge is 0.391 e. The van der Waals surface area contributed by atoms with Gasteiger partial charge in [0, 0.05) is 23.2 Å². The fraction of sp³-hybridized carbons (Fsp3) is 0.467. The van der Waals surface area contributed by atoms with Crippen LogP contribution < -0.4 is 0 Å². The zero-order chi connectivity index (χ0) is 15.6. The second-order valence-electron chi connectivity index (χ2n) is 5.00. The van der Waals surface area contributed by atoms with Gasteiger partial charge in [0.25, 0.3) is 0 Å². The minimum Gasteiger partial charge on any atom is -0.391 e. The highest BCUT2D eigenvalue weighted by Gasteiger charge is 2.31. The molecule has 4 nitrogen and oxygen atoms in total. The van der Waals surface area contributed by atoms with Crippen LogP contribution >= 0.6 is 11.3 Å². The fourth-order valence-corrected chi connectivity index (χ4v) is 5.85. The average Bonchev–Trinajstić information content (AvgIpc) is 2.87. The molecule has 0 atom stereocenters. The third kappa shape index (κ3) is 2.85. The zero-order valence-corrected chi connectivity index (χ0v) is 14.2. The van der Waals surface area contributed by atoms with E-state index in [0.29, 0.717) is 10.3 Å². The summed E-state index contributed by atoms with van der Waals surface area (Å²) in [6, 6.07) is 7.36. The van der Waals surface area contributed by atoms with Gasteiger partial charge in [0.15, 0.2) is 0 Å². The van der Waals surface area contributed by atoms with Gasteiger partial charge in [0.05, 0.1) is 11.5 Å². The molecule has 0 unspecified atom stereocenters. The van der Waals surface area contributed by atoms with E-state index in [9.17, 15) is 13.5 Å². The Morgan fingerprint density at radius 2 is 1.86 bits per heavy atom. The molecule has 6 heteroatoms. The summed E-state index contributed by atoms with van der Waals surface area (Å²) in [7, 11) is -1.98. The minimum atomic E-state index is -3.60. The summed E-state index contributed by atoms with van der Waals surface area (Å²) in [5, 5.41) is 10.2. The molecule has 0 radical (unpaired) electrons. The quantitative estimate of drug-likeness (QED) is 0.886. The van der Waals surface area contributed by atoms with Crippen LogP contribution in [0.25, 0.3) is 10.1 Å². The number of rotatable bonds is 6. The van der Waals surface area contributed by atoms with E-state index in [4.69, 9.17) is 0 Å². The van der Waals surface area contributed by atoms with Gasteiger partial charge in [-0.3, -0.25) is 0 Å². The van der Waals surface area contributed by atoms with Crippen molar-refractivity contribution in [2.75, 3.05) is 7.05 Å². The molecule has 1 heterocycles. The molecule has 0 spiro atoms. The molecule has 1 aromatic heterocycles.